The van der Waals surface area contributed by atoms with Crippen LogP contribution in [0.1, 0.15) is 31.9 Å². The number of hydrogen-bond acceptors (Lipinski definition) is 1. The van der Waals surface area contributed by atoms with E-state index in [2.05, 4.69) is 38.2 Å². The maximum absolute atomic E-state index is 12.0. The molecule has 0 fully saturated rings. The van der Waals surface area contributed by atoms with Crippen LogP contribution in [0.15, 0.2) is 24.3 Å². The molecule has 0 bridgehead atoms. The predicted molar refractivity (Wildman–Crippen MR) is 75.5 cm³/mol. The molecule has 0 heterocycles. The van der Waals surface area contributed by atoms with Crippen LogP contribution in [-0.4, -0.2) is 24.0 Å². The maximum atomic E-state index is 12.0. The Morgan fingerprint density at radius 3 is 2.44 bits per heavy atom. The molecule has 2 amide bonds. The van der Waals surface area contributed by atoms with Gasteiger partial charge in [-0.1, -0.05) is 38.1 Å². The highest BCUT2D eigenvalue weighted by molar-refractivity contribution is 5.74. The molecular formula is C15H24N2O. The van der Waals surface area contributed by atoms with Crippen molar-refractivity contribution in [1.29, 1.82) is 0 Å². The van der Waals surface area contributed by atoms with Crippen LogP contribution in [-0.2, 0) is 6.54 Å². The minimum Gasteiger partial charge on any atom is -0.335 e. The van der Waals surface area contributed by atoms with Gasteiger partial charge in [0.1, 0.15) is 0 Å². The number of nitrogens with one attached hydrogen (secondary N) is 1. The number of benzene rings is 1. The Bertz CT molecular complexity index is 401. The fourth-order valence-corrected chi connectivity index (χ4v) is 1.59. The van der Waals surface area contributed by atoms with Crippen LogP contribution in [0.4, 0.5) is 4.79 Å². The standard InChI is InChI=1S/C15H24N2O/c1-11(2)13(4)16-15(18)17(5)10-14-9-7-6-8-12(14)3/h6-9,11,13H,10H2,1-5H3,(H,16,18). The van der Waals surface area contributed by atoms with Gasteiger partial charge in [-0.2, -0.15) is 0 Å². The van der Waals surface area contributed by atoms with Crippen LogP contribution in [0, 0.1) is 12.8 Å². The molecule has 100 valence electrons. The van der Waals surface area contributed by atoms with E-state index < -0.39 is 0 Å². The highest BCUT2D eigenvalue weighted by Crippen LogP contribution is 2.10. The van der Waals surface area contributed by atoms with Gasteiger partial charge in [-0.3, -0.25) is 0 Å². The fraction of sp³-hybridized carbons (Fsp3) is 0.533. The molecule has 0 aliphatic rings. The van der Waals surface area contributed by atoms with E-state index in [1.54, 1.807) is 4.90 Å². The van der Waals surface area contributed by atoms with Crippen molar-refractivity contribution in [3.05, 3.63) is 35.4 Å². The molecule has 0 aliphatic heterocycles. The van der Waals surface area contributed by atoms with Gasteiger partial charge in [0, 0.05) is 19.6 Å². The quantitative estimate of drug-likeness (QED) is 0.872. The Kier molecular flexibility index (Phi) is 5.20. The zero-order chi connectivity index (χ0) is 13.7. The topological polar surface area (TPSA) is 32.3 Å². The summed E-state index contributed by atoms with van der Waals surface area (Å²) in [6, 6.07) is 8.32. The summed E-state index contributed by atoms with van der Waals surface area (Å²) in [7, 11) is 1.83. The van der Waals surface area contributed by atoms with Crippen LogP contribution < -0.4 is 5.32 Å². The van der Waals surface area contributed by atoms with Crippen molar-refractivity contribution in [2.75, 3.05) is 7.05 Å². The summed E-state index contributed by atoms with van der Waals surface area (Å²) in [6.07, 6.45) is 0. The summed E-state index contributed by atoms with van der Waals surface area (Å²) < 4.78 is 0. The molecule has 0 spiro atoms. The predicted octanol–water partition coefficient (Wildman–Crippen LogP) is 3.18. The van der Waals surface area contributed by atoms with E-state index in [9.17, 15) is 4.79 Å². The Labute approximate surface area is 110 Å². The lowest BCUT2D eigenvalue weighted by atomic mass is 10.1. The molecule has 1 aromatic carbocycles. The van der Waals surface area contributed by atoms with Crippen LogP contribution in [0.2, 0.25) is 0 Å². The van der Waals surface area contributed by atoms with Gasteiger partial charge in [0.05, 0.1) is 0 Å². The van der Waals surface area contributed by atoms with Gasteiger partial charge < -0.3 is 10.2 Å². The van der Waals surface area contributed by atoms with Gasteiger partial charge in [0.25, 0.3) is 0 Å². The van der Waals surface area contributed by atoms with Crippen LogP contribution in [0.25, 0.3) is 0 Å². The molecule has 1 aromatic rings. The van der Waals surface area contributed by atoms with Gasteiger partial charge in [-0.05, 0) is 30.9 Å². The van der Waals surface area contributed by atoms with E-state index in [4.69, 9.17) is 0 Å². The molecule has 1 unspecified atom stereocenters. The van der Waals surface area contributed by atoms with Crippen molar-refractivity contribution < 1.29 is 4.79 Å². The Hall–Kier alpha value is -1.51. The largest absolute Gasteiger partial charge is 0.335 e. The molecule has 0 saturated heterocycles. The summed E-state index contributed by atoms with van der Waals surface area (Å²) in [5, 5.41) is 3.01. The van der Waals surface area contributed by atoms with Crippen molar-refractivity contribution in [2.24, 2.45) is 5.92 Å². The van der Waals surface area contributed by atoms with Crippen molar-refractivity contribution in [1.82, 2.24) is 10.2 Å². The molecule has 0 aromatic heterocycles. The lowest BCUT2D eigenvalue weighted by Crippen LogP contribution is -2.43. The molecule has 0 aliphatic carbocycles. The zero-order valence-corrected chi connectivity index (χ0v) is 12.0. The third-order valence-electron chi connectivity index (χ3n) is 3.37. The molecule has 1 N–H and O–H groups in total. The number of carbonyl (C=O) groups excluding carboxylic acids is 1. The monoisotopic (exact) mass is 248 g/mol. The van der Waals surface area contributed by atoms with E-state index in [0.717, 1.165) is 0 Å². The Morgan fingerprint density at radius 2 is 1.89 bits per heavy atom. The SMILES string of the molecule is Cc1ccccc1CN(C)C(=O)NC(C)C(C)C. The van der Waals surface area contributed by atoms with Crippen molar-refractivity contribution in [2.45, 2.75) is 40.3 Å². The second-order valence-corrected chi connectivity index (χ2v) is 5.26. The number of aryl methyl sites for hydroxylation is 1. The first-order valence-electron chi connectivity index (χ1n) is 6.48. The molecular weight excluding hydrogens is 224 g/mol. The first kappa shape index (κ1) is 14.6. The van der Waals surface area contributed by atoms with Crippen LogP contribution in [0.5, 0.6) is 0 Å². The number of urea groups is 1. The second kappa shape index (κ2) is 6.43. The van der Waals surface area contributed by atoms with Crippen molar-refractivity contribution in [3.8, 4) is 0 Å². The summed E-state index contributed by atoms with van der Waals surface area (Å²) in [5.41, 5.74) is 2.40. The fourth-order valence-electron chi connectivity index (χ4n) is 1.59. The number of hydrogen-bond donors (Lipinski definition) is 1. The number of rotatable bonds is 4. The zero-order valence-electron chi connectivity index (χ0n) is 12.0. The molecule has 1 atom stereocenters. The van der Waals surface area contributed by atoms with E-state index in [1.807, 2.05) is 26.1 Å². The first-order valence-corrected chi connectivity index (χ1v) is 6.48. The van der Waals surface area contributed by atoms with E-state index in [1.165, 1.54) is 11.1 Å². The molecule has 1 rings (SSSR count). The van der Waals surface area contributed by atoms with Crippen molar-refractivity contribution in [3.63, 3.8) is 0 Å². The van der Waals surface area contributed by atoms with Crippen LogP contribution >= 0.6 is 0 Å². The molecule has 0 saturated carbocycles. The van der Waals surface area contributed by atoms with Crippen molar-refractivity contribution >= 4 is 6.03 Å². The lowest BCUT2D eigenvalue weighted by molar-refractivity contribution is 0.200. The van der Waals surface area contributed by atoms with Gasteiger partial charge >= 0.3 is 6.03 Å². The highest BCUT2D eigenvalue weighted by atomic mass is 16.2. The highest BCUT2D eigenvalue weighted by Gasteiger charge is 2.14. The smallest absolute Gasteiger partial charge is 0.317 e. The van der Waals surface area contributed by atoms with Gasteiger partial charge in [-0.15, -0.1) is 0 Å². The van der Waals surface area contributed by atoms with E-state index in [0.29, 0.717) is 12.5 Å². The third kappa shape index (κ3) is 4.06. The van der Waals surface area contributed by atoms with Gasteiger partial charge in [0.2, 0.25) is 0 Å². The number of nitrogens with zero attached hydrogens (tertiary/aromatic N) is 1. The normalized spacial score (nSPS) is 12.3. The maximum Gasteiger partial charge on any atom is 0.317 e. The third-order valence-corrected chi connectivity index (χ3v) is 3.37. The minimum absolute atomic E-state index is 0.0144. The van der Waals surface area contributed by atoms with E-state index >= 15 is 0 Å². The Morgan fingerprint density at radius 1 is 1.28 bits per heavy atom. The Balaban J connectivity index is 2.58. The molecule has 3 heteroatoms. The molecule has 0 radical (unpaired) electrons. The number of carbonyl (C=O) groups is 1. The summed E-state index contributed by atoms with van der Waals surface area (Å²) in [4.78, 5) is 13.7. The van der Waals surface area contributed by atoms with E-state index in [-0.39, 0.29) is 12.1 Å². The van der Waals surface area contributed by atoms with Gasteiger partial charge in [0.15, 0.2) is 0 Å². The summed E-state index contributed by atoms with van der Waals surface area (Å²) in [6.45, 7) is 8.95. The first-order chi connectivity index (χ1) is 8.41. The second-order valence-electron chi connectivity index (χ2n) is 5.26. The lowest BCUT2D eigenvalue weighted by Gasteiger charge is -2.23. The number of amides is 2. The summed E-state index contributed by atoms with van der Waals surface area (Å²) in [5.74, 6) is 0.445. The molecule has 3 nitrogen and oxygen atoms in total. The van der Waals surface area contributed by atoms with Gasteiger partial charge in [-0.25, -0.2) is 4.79 Å². The average Bonchev–Trinajstić information content (AvgIpc) is 2.31. The summed E-state index contributed by atoms with van der Waals surface area (Å²) >= 11 is 0. The molecule has 18 heavy (non-hydrogen) atoms. The average molecular weight is 248 g/mol. The van der Waals surface area contributed by atoms with Crippen LogP contribution in [0.3, 0.4) is 0 Å². The minimum atomic E-state index is -0.0144.